The van der Waals surface area contributed by atoms with Crippen LogP contribution in [0.4, 0.5) is 10.1 Å². The molecule has 1 atom stereocenters. The summed E-state index contributed by atoms with van der Waals surface area (Å²) in [5.74, 6) is -1.71. The molecule has 138 valence electrons. The number of esters is 1. The monoisotopic (exact) mass is 368 g/mol. The van der Waals surface area contributed by atoms with Crippen LogP contribution < -0.4 is 10.1 Å². The van der Waals surface area contributed by atoms with E-state index in [9.17, 15) is 14.0 Å². The summed E-state index contributed by atoms with van der Waals surface area (Å²) in [6.07, 6.45) is 1.44. The average molecular weight is 368 g/mol. The highest BCUT2D eigenvalue weighted by molar-refractivity contribution is 5.96. The van der Waals surface area contributed by atoms with Crippen molar-refractivity contribution in [2.45, 2.75) is 13.0 Å². The van der Waals surface area contributed by atoms with Crippen LogP contribution in [0.3, 0.4) is 0 Å². The average Bonchev–Trinajstić information content (AvgIpc) is 2.67. The quantitative estimate of drug-likeness (QED) is 0.624. The van der Waals surface area contributed by atoms with Gasteiger partial charge in [0.15, 0.2) is 17.7 Å². The second kappa shape index (κ2) is 9.15. The fourth-order valence-corrected chi connectivity index (χ4v) is 2.09. The molecular weight excluding hydrogens is 351 g/mol. The van der Waals surface area contributed by atoms with E-state index in [4.69, 9.17) is 14.7 Å². The molecule has 0 aliphatic carbocycles. The van der Waals surface area contributed by atoms with Crippen LogP contribution in [0.5, 0.6) is 5.75 Å². The first-order valence-corrected chi connectivity index (χ1v) is 7.96. The van der Waals surface area contributed by atoms with Crippen molar-refractivity contribution in [3.05, 3.63) is 65.5 Å². The number of halogens is 1. The fraction of sp³-hybridized carbons (Fsp3) is 0.150. The van der Waals surface area contributed by atoms with Crippen molar-refractivity contribution in [3.8, 4) is 11.8 Å². The highest BCUT2D eigenvalue weighted by Gasteiger charge is 2.16. The summed E-state index contributed by atoms with van der Waals surface area (Å²) in [6.45, 7) is 1.43. The molecule has 0 unspecified atom stereocenters. The molecule has 0 aromatic heterocycles. The van der Waals surface area contributed by atoms with Gasteiger partial charge in [-0.15, -0.1) is 0 Å². The molecule has 2 aromatic carbocycles. The summed E-state index contributed by atoms with van der Waals surface area (Å²) < 4.78 is 23.4. The van der Waals surface area contributed by atoms with Crippen molar-refractivity contribution in [1.29, 1.82) is 5.26 Å². The number of anilines is 1. The Morgan fingerprint density at radius 1 is 1.22 bits per heavy atom. The summed E-state index contributed by atoms with van der Waals surface area (Å²) >= 11 is 0. The van der Waals surface area contributed by atoms with Gasteiger partial charge in [-0.3, -0.25) is 4.79 Å². The second-order valence-corrected chi connectivity index (χ2v) is 5.48. The van der Waals surface area contributed by atoms with Crippen molar-refractivity contribution in [1.82, 2.24) is 0 Å². The maximum Gasteiger partial charge on any atom is 0.331 e. The number of carbonyl (C=O) groups excluding carboxylic acids is 2. The summed E-state index contributed by atoms with van der Waals surface area (Å²) in [4.78, 5) is 23.9. The third-order valence-electron chi connectivity index (χ3n) is 3.53. The lowest BCUT2D eigenvalue weighted by Gasteiger charge is -2.12. The van der Waals surface area contributed by atoms with Crippen molar-refractivity contribution in [2.75, 3.05) is 12.4 Å². The fourth-order valence-electron chi connectivity index (χ4n) is 2.09. The number of methoxy groups -OCH3 is 1. The number of nitriles is 1. The van der Waals surface area contributed by atoms with E-state index in [-0.39, 0.29) is 5.75 Å². The van der Waals surface area contributed by atoms with E-state index in [1.165, 1.54) is 32.2 Å². The molecule has 1 amide bonds. The van der Waals surface area contributed by atoms with E-state index < -0.39 is 23.8 Å². The van der Waals surface area contributed by atoms with Crippen molar-refractivity contribution in [2.24, 2.45) is 0 Å². The molecule has 0 radical (unpaired) electrons. The van der Waals surface area contributed by atoms with Crippen LogP contribution in [0, 0.1) is 17.1 Å². The zero-order chi connectivity index (χ0) is 19.8. The molecule has 6 nitrogen and oxygen atoms in total. The molecule has 0 saturated carbocycles. The van der Waals surface area contributed by atoms with Gasteiger partial charge in [-0.25, -0.2) is 9.18 Å². The minimum atomic E-state index is -1.04. The highest BCUT2D eigenvalue weighted by atomic mass is 19.1. The van der Waals surface area contributed by atoms with E-state index in [1.54, 1.807) is 30.3 Å². The standard InChI is InChI=1S/C20H17FN2O4/c1-13(20(25)23-16-7-3-15(12-22)4-8-16)27-19(24)10-6-14-5-9-18(26-2)17(21)11-14/h3-11,13H,1-2H3,(H,23,25)/b10-6+/t13-/m0/s1. The Morgan fingerprint density at radius 2 is 1.93 bits per heavy atom. The number of benzene rings is 2. The summed E-state index contributed by atoms with van der Waals surface area (Å²) in [5, 5.41) is 11.3. The minimum absolute atomic E-state index is 0.0998. The molecule has 2 rings (SSSR count). The van der Waals surface area contributed by atoms with Crippen LogP contribution in [0.15, 0.2) is 48.5 Å². The molecule has 0 bridgehead atoms. The molecule has 0 spiro atoms. The Hall–Kier alpha value is -3.66. The van der Waals surface area contributed by atoms with Gasteiger partial charge in [-0.2, -0.15) is 5.26 Å². The first-order valence-electron chi connectivity index (χ1n) is 7.96. The van der Waals surface area contributed by atoms with E-state index in [1.807, 2.05) is 6.07 Å². The van der Waals surface area contributed by atoms with Crippen LogP contribution >= 0.6 is 0 Å². The van der Waals surface area contributed by atoms with Gasteiger partial charge in [0.2, 0.25) is 0 Å². The predicted octanol–water partition coefficient (Wildman–Crippen LogP) is 3.29. The van der Waals surface area contributed by atoms with Gasteiger partial charge in [0.1, 0.15) is 0 Å². The lowest BCUT2D eigenvalue weighted by Crippen LogP contribution is -2.29. The zero-order valence-corrected chi connectivity index (χ0v) is 14.7. The number of rotatable bonds is 6. The number of carbonyl (C=O) groups is 2. The third kappa shape index (κ3) is 5.68. The number of hydrogen-bond donors (Lipinski definition) is 1. The smallest absolute Gasteiger partial charge is 0.331 e. The molecule has 7 heteroatoms. The van der Waals surface area contributed by atoms with Gasteiger partial charge in [0.05, 0.1) is 18.7 Å². The molecule has 0 saturated heterocycles. The topological polar surface area (TPSA) is 88.4 Å². The van der Waals surface area contributed by atoms with Crippen LogP contribution in [0.1, 0.15) is 18.1 Å². The predicted molar refractivity (Wildman–Crippen MR) is 97.3 cm³/mol. The van der Waals surface area contributed by atoms with Crippen LogP contribution in [0.25, 0.3) is 6.08 Å². The van der Waals surface area contributed by atoms with Gasteiger partial charge in [-0.1, -0.05) is 6.07 Å². The largest absolute Gasteiger partial charge is 0.494 e. The Kier molecular flexibility index (Phi) is 6.67. The number of amides is 1. The van der Waals surface area contributed by atoms with Gasteiger partial charge >= 0.3 is 5.97 Å². The van der Waals surface area contributed by atoms with Crippen molar-refractivity contribution >= 4 is 23.6 Å². The lowest BCUT2D eigenvalue weighted by atomic mass is 10.2. The highest BCUT2D eigenvalue weighted by Crippen LogP contribution is 2.18. The molecule has 1 N–H and O–H groups in total. The van der Waals surface area contributed by atoms with Gasteiger partial charge < -0.3 is 14.8 Å². The first kappa shape index (κ1) is 19.7. The number of nitrogens with one attached hydrogen (secondary N) is 1. The normalized spacial score (nSPS) is 11.5. The molecular formula is C20H17FN2O4. The lowest BCUT2D eigenvalue weighted by molar-refractivity contribution is -0.148. The minimum Gasteiger partial charge on any atom is -0.494 e. The molecule has 0 aliphatic rings. The Labute approximate surface area is 155 Å². The SMILES string of the molecule is COc1ccc(/C=C/C(=O)O[C@@H](C)C(=O)Nc2ccc(C#N)cc2)cc1F. The van der Waals surface area contributed by atoms with E-state index in [0.29, 0.717) is 16.8 Å². The number of hydrogen-bond acceptors (Lipinski definition) is 5. The Bertz CT molecular complexity index is 901. The molecule has 0 heterocycles. The Morgan fingerprint density at radius 3 is 2.52 bits per heavy atom. The number of nitrogens with zero attached hydrogens (tertiary/aromatic N) is 1. The summed E-state index contributed by atoms with van der Waals surface area (Å²) in [7, 11) is 1.36. The maximum atomic E-state index is 13.6. The maximum absolute atomic E-state index is 13.6. The van der Waals surface area contributed by atoms with Crippen LogP contribution in [-0.4, -0.2) is 25.1 Å². The second-order valence-electron chi connectivity index (χ2n) is 5.48. The van der Waals surface area contributed by atoms with Crippen molar-refractivity contribution < 1.29 is 23.5 Å². The number of ether oxygens (including phenoxy) is 2. The Balaban J connectivity index is 1.91. The van der Waals surface area contributed by atoms with Gasteiger partial charge in [-0.05, 0) is 55.0 Å². The molecule has 2 aromatic rings. The van der Waals surface area contributed by atoms with Crippen molar-refractivity contribution in [3.63, 3.8) is 0 Å². The van der Waals surface area contributed by atoms with Gasteiger partial charge in [0.25, 0.3) is 5.91 Å². The van der Waals surface area contributed by atoms with Crippen LogP contribution in [0.2, 0.25) is 0 Å². The van der Waals surface area contributed by atoms with Gasteiger partial charge in [0, 0.05) is 11.8 Å². The zero-order valence-electron chi connectivity index (χ0n) is 14.7. The summed E-state index contributed by atoms with van der Waals surface area (Å²) in [5.41, 5.74) is 1.39. The van der Waals surface area contributed by atoms with Crippen LogP contribution in [-0.2, 0) is 14.3 Å². The molecule has 27 heavy (non-hydrogen) atoms. The van der Waals surface area contributed by atoms with E-state index in [2.05, 4.69) is 5.32 Å². The molecule has 0 fully saturated rings. The first-order chi connectivity index (χ1) is 12.9. The summed E-state index contributed by atoms with van der Waals surface area (Å²) in [6, 6.07) is 12.5. The van der Waals surface area contributed by atoms with E-state index >= 15 is 0 Å². The molecule has 0 aliphatic heterocycles. The van der Waals surface area contributed by atoms with E-state index in [0.717, 1.165) is 6.08 Å². The third-order valence-corrected chi connectivity index (χ3v) is 3.53.